The second-order valence-corrected chi connectivity index (χ2v) is 8.89. The molecule has 35 heavy (non-hydrogen) atoms. The van der Waals surface area contributed by atoms with Crippen molar-refractivity contribution in [2.24, 2.45) is 0 Å². The molecule has 7 heteroatoms. The molecule has 3 aromatic carbocycles. The monoisotopic (exact) mass is 473 g/mol. The number of nitrogens with one attached hydrogen (secondary N) is 2. The van der Waals surface area contributed by atoms with Gasteiger partial charge < -0.3 is 20.6 Å². The van der Waals surface area contributed by atoms with Gasteiger partial charge in [-0.2, -0.15) is 0 Å². The summed E-state index contributed by atoms with van der Waals surface area (Å²) in [5.74, 6) is -1.67. The number of hydrogen-bond donors (Lipinski definition) is 3. The van der Waals surface area contributed by atoms with Gasteiger partial charge in [-0.1, -0.05) is 36.4 Å². The number of halogens is 1. The molecule has 1 aliphatic rings. The van der Waals surface area contributed by atoms with Crippen LogP contribution in [0.1, 0.15) is 28.7 Å². The number of carboxylic acids is 1. The molecule has 1 heterocycles. The normalized spacial score (nSPS) is 14.0. The minimum Gasteiger partial charge on any atom is -0.481 e. The predicted molar refractivity (Wildman–Crippen MR) is 137 cm³/mol. The van der Waals surface area contributed by atoms with Gasteiger partial charge in [0.1, 0.15) is 5.82 Å². The smallest absolute Gasteiger partial charge is 0.307 e. The molecule has 0 bridgehead atoms. The number of nitrogens with zero attached hydrogens (tertiary/aromatic N) is 1. The summed E-state index contributed by atoms with van der Waals surface area (Å²) in [7, 11) is 4.11. The molecular formula is C28H28FN3O3. The Morgan fingerprint density at radius 1 is 1.00 bits per heavy atom. The SMILES string of the molecule is CN(C)CCCc1ccc(NC(=C2C(=O)Nc3cc(F)ccc32)c2ccc(CC(=O)O)cc2)cc1. The maximum Gasteiger partial charge on any atom is 0.307 e. The van der Waals surface area contributed by atoms with E-state index in [1.165, 1.54) is 17.7 Å². The summed E-state index contributed by atoms with van der Waals surface area (Å²) >= 11 is 0. The lowest BCUT2D eigenvalue weighted by molar-refractivity contribution is -0.136. The fraction of sp³-hybridized carbons (Fsp3) is 0.214. The van der Waals surface area contributed by atoms with Gasteiger partial charge in [-0.05, 0) is 80.5 Å². The second-order valence-electron chi connectivity index (χ2n) is 8.89. The van der Waals surface area contributed by atoms with E-state index in [-0.39, 0.29) is 12.3 Å². The summed E-state index contributed by atoms with van der Waals surface area (Å²) in [6.07, 6.45) is 1.95. The first-order valence-corrected chi connectivity index (χ1v) is 11.5. The van der Waals surface area contributed by atoms with E-state index in [4.69, 9.17) is 5.11 Å². The van der Waals surface area contributed by atoms with Gasteiger partial charge in [0, 0.05) is 11.3 Å². The number of benzene rings is 3. The molecule has 0 fully saturated rings. The van der Waals surface area contributed by atoms with Crippen molar-refractivity contribution in [3.8, 4) is 0 Å². The summed E-state index contributed by atoms with van der Waals surface area (Å²) in [6, 6.07) is 19.3. The lowest BCUT2D eigenvalue weighted by Gasteiger charge is -2.16. The zero-order valence-electron chi connectivity index (χ0n) is 19.8. The van der Waals surface area contributed by atoms with E-state index in [0.717, 1.165) is 30.6 Å². The molecule has 3 N–H and O–H groups in total. The number of anilines is 2. The molecule has 0 unspecified atom stereocenters. The molecule has 3 aromatic rings. The number of carbonyl (C=O) groups excluding carboxylic acids is 1. The number of aryl methyl sites for hydroxylation is 1. The summed E-state index contributed by atoms with van der Waals surface area (Å²) in [4.78, 5) is 26.2. The van der Waals surface area contributed by atoms with E-state index in [9.17, 15) is 14.0 Å². The summed E-state index contributed by atoms with van der Waals surface area (Å²) in [6.45, 7) is 1.02. The van der Waals surface area contributed by atoms with Crippen LogP contribution in [-0.4, -0.2) is 42.5 Å². The molecule has 0 saturated heterocycles. The molecule has 0 aliphatic carbocycles. The number of hydrogen-bond acceptors (Lipinski definition) is 4. The third kappa shape index (κ3) is 5.94. The number of aliphatic carboxylic acids is 1. The fourth-order valence-electron chi connectivity index (χ4n) is 4.13. The topological polar surface area (TPSA) is 81.7 Å². The first-order chi connectivity index (χ1) is 16.8. The largest absolute Gasteiger partial charge is 0.481 e. The van der Waals surface area contributed by atoms with Crippen molar-refractivity contribution in [2.45, 2.75) is 19.3 Å². The van der Waals surface area contributed by atoms with Gasteiger partial charge in [0.2, 0.25) is 0 Å². The molecule has 0 atom stereocenters. The van der Waals surface area contributed by atoms with E-state index in [1.807, 2.05) is 12.1 Å². The minimum absolute atomic E-state index is 0.0858. The van der Waals surface area contributed by atoms with Gasteiger partial charge >= 0.3 is 5.97 Å². The molecule has 0 spiro atoms. The van der Waals surface area contributed by atoms with Crippen LogP contribution in [0.5, 0.6) is 0 Å². The Labute approximate surface area is 204 Å². The number of amides is 1. The number of rotatable bonds is 9. The first kappa shape index (κ1) is 24.2. The zero-order valence-corrected chi connectivity index (χ0v) is 19.8. The second kappa shape index (κ2) is 10.5. The Bertz CT molecular complexity index is 1270. The van der Waals surface area contributed by atoms with Gasteiger partial charge in [0.25, 0.3) is 5.91 Å². The summed E-state index contributed by atoms with van der Waals surface area (Å²) < 4.78 is 13.8. The highest BCUT2D eigenvalue weighted by molar-refractivity contribution is 6.37. The highest BCUT2D eigenvalue weighted by atomic mass is 19.1. The van der Waals surface area contributed by atoms with Crippen molar-refractivity contribution in [1.29, 1.82) is 0 Å². The van der Waals surface area contributed by atoms with Crippen LogP contribution in [0.3, 0.4) is 0 Å². The van der Waals surface area contributed by atoms with Crippen LogP contribution in [0.15, 0.2) is 66.7 Å². The minimum atomic E-state index is -0.911. The quantitative estimate of drug-likeness (QED) is 0.386. The maximum absolute atomic E-state index is 13.8. The van der Waals surface area contributed by atoms with Gasteiger partial charge in [-0.15, -0.1) is 0 Å². The van der Waals surface area contributed by atoms with Crippen LogP contribution < -0.4 is 10.6 Å². The number of carboxylic acid groups (broad SMARTS) is 1. The van der Waals surface area contributed by atoms with E-state index < -0.39 is 11.8 Å². The average molecular weight is 474 g/mol. The summed E-state index contributed by atoms with van der Waals surface area (Å²) in [5.41, 5.74) is 5.40. The number of fused-ring (bicyclic) bond motifs is 1. The molecule has 180 valence electrons. The van der Waals surface area contributed by atoms with Crippen LogP contribution in [-0.2, 0) is 22.4 Å². The molecular weight excluding hydrogens is 445 g/mol. The van der Waals surface area contributed by atoms with Crippen molar-refractivity contribution < 1.29 is 19.1 Å². The standard InChI is InChI=1S/C28H28FN3O3/c1-32(2)15-3-4-18-7-12-22(13-8-18)30-27(20-9-5-19(6-10-20)16-25(33)34)26-23-14-11-21(29)17-24(23)31-28(26)35/h5-14,17,30H,3-4,15-16H2,1-2H3,(H,31,35)(H,33,34). The van der Waals surface area contributed by atoms with Crippen molar-refractivity contribution in [1.82, 2.24) is 4.90 Å². The molecule has 4 rings (SSSR count). The maximum atomic E-state index is 13.8. The van der Waals surface area contributed by atoms with Gasteiger partial charge in [-0.3, -0.25) is 9.59 Å². The number of carbonyl (C=O) groups is 2. The van der Waals surface area contributed by atoms with Crippen LogP contribution in [0.25, 0.3) is 11.3 Å². The van der Waals surface area contributed by atoms with Crippen LogP contribution in [0.4, 0.5) is 15.8 Å². The Balaban J connectivity index is 1.69. The first-order valence-electron chi connectivity index (χ1n) is 11.5. The summed E-state index contributed by atoms with van der Waals surface area (Å²) in [5, 5.41) is 15.2. The lowest BCUT2D eigenvalue weighted by Crippen LogP contribution is -2.13. The van der Waals surface area contributed by atoms with Gasteiger partial charge in [0.05, 0.1) is 23.4 Å². The van der Waals surface area contributed by atoms with Crippen LogP contribution in [0.2, 0.25) is 0 Å². The lowest BCUT2D eigenvalue weighted by atomic mass is 9.98. The van der Waals surface area contributed by atoms with E-state index in [1.54, 1.807) is 30.3 Å². The van der Waals surface area contributed by atoms with Crippen molar-refractivity contribution in [3.63, 3.8) is 0 Å². The molecule has 0 aromatic heterocycles. The molecule has 1 amide bonds. The highest BCUT2D eigenvalue weighted by Gasteiger charge is 2.28. The zero-order chi connectivity index (χ0) is 24.9. The van der Waals surface area contributed by atoms with E-state index >= 15 is 0 Å². The Hall–Kier alpha value is -3.97. The molecule has 6 nitrogen and oxygen atoms in total. The molecule has 1 aliphatic heterocycles. The Morgan fingerprint density at radius 3 is 2.34 bits per heavy atom. The van der Waals surface area contributed by atoms with Crippen molar-refractivity contribution in [2.75, 3.05) is 31.3 Å². The van der Waals surface area contributed by atoms with Gasteiger partial charge in [-0.25, -0.2) is 4.39 Å². The van der Waals surface area contributed by atoms with E-state index in [0.29, 0.717) is 28.1 Å². The van der Waals surface area contributed by atoms with Crippen molar-refractivity contribution >= 4 is 34.5 Å². The molecule has 0 radical (unpaired) electrons. The Kier molecular flexibility index (Phi) is 7.27. The van der Waals surface area contributed by atoms with Crippen LogP contribution >= 0.6 is 0 Å². The van der Waals surface area contributed by atoms with Gasteiger partial charge in [0.15, 0.2) is 0 Å². The predicted octanol–water partition coefficient (Wildman–Crippen LogP) is 4.88. The van der Waals surface area contributed by atoms with E-state index in [2.05, 4.69) is 41.8 Å². The molecule has 0 saturated carbocycles. The third-order valence-electron chi connectivity index (χ3n) is 5.87. The highest BCUT2D eigenvalue weighted by Crippen LogP contribution is 2.38. The third-order valence-corrected chi connectivity index (χ3v) is 5.87. The van der Waals surface area contributed by atoms with Crippen molar-refractivity contribution in [3.05, 3.63) is 94.8 Å². The Morgan fingerprint density at radius 2 is 1.69 bits per heavy atom. The average Bonchev–Trinajstić information content (AvgIpc) is 3.13. The fourth-order valence-corrected chi connectivity index (χ4v) is 4.13. The van der Waals surface area contributed by atoms with Crippen LogP contribution in [0, 0.1) is 5.82 Å².